The normalized spacial score (nSPS) is 11.5. The van der Waals surface area contributed by atoms with E-state index >= 15 is 0 Å². The van der Waals surface area contributed by atoms with E-state index in [2.05, 4.69) is 4.72 Å². The second kappa shape index (κ2) is 5.41. The topological polar surface area (TPSA) is 68.5 Å². The molecule has 102 valence electrons. The molecule has 0 amide bonds. The smallest absolute Gasteiger partial charge is 0.241 e. The minimum atomic E-state index is -3.79. The Morgan fingerprint density at radius 3 is 2.74 bits per heavy atom. The molecule has 1 heterocycles. The van der Waals surface area contributed by atoms with Gasteiger partial charge < -0.3 is 9.15 Å². The van der Waals surface area contributed by atoms with Gasteiger partial charge in [-0.25, -0.2) is 17.5 Å². The van der Waals surface area contributed by atoms with Gasteiger partial charge in [0.25, 0.3) is 0 Å². The van der Waals surface area contributed by atoms with Crippen molar-refractivity contribution in [2.45, 2.75) is 11.4 Å². The Kier molecular flexibility index (Phi) is 3.87. The lowest BCUT2D eigenvalue weighted by atomic mass is 10.3. The summed E-state index contributed by atoms with van der Waals surface area (Å²) in [6.07, 6.45) is 1.44. The van der Waals surface area contributed by atoms with Crippen LogP contribution in [-0.2, 0) is 16.6 Å². The van der Waals surface area contributed by atoms with Gasteiger partial charge in [0.05, 0.1) is 24.8 Å². The fraction of sp³-hybridized carbons (Fsp3) is 0.167. The highest BCUT2D eigenvalue weighted by Crippen LogP contribution is 2.20. The summed E-state index contributed by atoms with van der Waals surface area (Å²) in [5.74, 6) is -0.272. The van der Waals surface area contributed by atoms with Gasteiger partial charge in [0.1, 0.15) is 5.76 Å². The highest BCUT2D eigenvalue weighted by atomic mass is 32.2. The van der Waals surface area contributed by atoms with Crippen molar-refractivity contribution in [1.82, 2.24) is 4.72 Å². The highest BCUT2D eigenvalue weighted by Gasteiger charge is 2.16. The molecule has 0 fully saturated rings. The van der Waals surface area contributed by atoms with Crippen molar-refractivity contribution in [3.05, 3.63) is 48.2 Å². The van der Waals surface area contributed by atoms with Crippen LogP contribution >= 0.6 is 0 Å². The molecular formula is C12H12FNO4S. The van der Waals surface area contributed by atoms with Crippen LogP contribution in [0.1, 0.15) is 5.76 Å². The molecule has 7 heteroatoms. The Labute approximate surface area is 110 Å². The number of sulfonamides is 1. The summed E-state index contributed by atoms with van der Waals surface area (Å²) in [4.78, 5) is -0.169. The van der Waals surface area contributed by atoms with Crippen LogP contribution in [0.5, 0.6) is 5.75 Å². The van der Waals surface area contributed by atoms with E-state index < -0.39 is 15.8 Å². The molecule has 2 aromatic rings. The van der Waals surface area contributed by atoms with Crippen molar-refractivity contribution in [1.29, 1.82) is 0 Å². The molecule has 2 rings (SSSR count). The van der Waals surface area contributed by atoms with E-state index in [9.17, 15) is 12.8 Å². The van der Waals surface area contributed by atoms with Crippen LogP contribution in [0.2, 0.25) is 0 Å². The van der Waals surface area contributed by atoms with Crippen LogP contribution in [0.15, 0.2) is 45.9 Å². The van der Waals surface area contributed by atoms with Gasteiger partial charge in [0.15, 0.2) is 11.6 Å². The predicted octanol–water partition coefficient (Wildman–Crippen LogP) is 1.91. The number of ether oxygens (including phenoxy) is 1. The minimum Gasteiger partial charge on any atom is -0.494 e. The Morgan fingerprint density at radius 1 is 1.37 bits per heavy atom. The molecule has 0 saturated carbocycles. The molecule has 0 atom stereocenters. The van der Waals surface area contributed by atoms with Gasteiger partial charge in [-0.1, -0.05) is 0 Å². The molecule has 0 aliphatic carbocycles. The fourth-order valence-corrected chi connectivity index (χ4v) is 2.48. The molecule has 0 bridgehead atoms. The van der Waals surface area contributed by atoms with Crippen molar-refractivity contribution in [2.24, 2.45) is 0 Å². The van der Waals surface area contributed by atoms with Crippen LogP contribution in [0, 0.1) is 5.82 Å². The monoisotopic (exact) mass is 285 g/mol. The number of rotatable bonds is 5. The first-order valence-corrected chi connectivity index (χ1v) is 6.87. The lowest BCUT2D eigenvalue weighted by Gasteiger charge is -2.07. The van der Waals surface area contributed by atoms with Gasteiger partial charge in [0, 0.05) is 0 Å². The summed E-state index contributed by atoms with van der Waals surface area (Å²) >= 11 is 0. The standard InChI is InChI=1S/C12H12FNO4S/c1-17-12-5-4-10(7-11(12)13)19(15,16)14-8-9-3-2-6-18-9/h2-7,14H,8H2,1H3. The zero-order valence-electron chi connectivity index (χ0n) is 10.1. The molecule has 0 aliphatic heterocycles. The molecule has 1 aromatic heterocycles. The van der Waals surface area contributed by atoms with Crippen molar-refractivity contribution in [3.8, 4) is 5.75 Å². The average Bonchev–Trinajstić information content (AvgIpc) is 2.89. The third kappa shape index (κ3) is 3.12. The van der Waals surface area contributed by atoms with Crippen molar-refractivity contribution < 1.29 is 22.0 Å². The second-order valence-corrected chi connectivity index (χ2v) is 5.47. The zero-order valence-corrected chi connectivity index (χ0v) is 10.9. The van der Waals surface area contributed by atoms with E-state index in [0.717, 1.165) is 6.07 Å². The molecule has 0 saturated heterocycles. The van der Waals surface area contributed by atoms with Crippen LogP contribution in [-0.4, -0.2) is 15.5 Å². The van der Waals surface area contributed by atoms with Crippen LogP contribution < -0.4 is 9.46 Å². The lowest BCUT2D eigenvalue weighted by Crippen LogP contribution is -2.23. The lowest BCUT2D eigenvalue weighted by molar-refractivity contribution is 0.385. The number of hydrogen-bond donors (Lipinski definition) is 1. The number of nitrogens with one attached hydrogen (secondary N) is 1. The van der Waals surface area contributed by atoms with Crippen molar-refractivity contribution >= 4 is 10.0 Å². The number of halogens is 1. The van der Waals surface area contributed by atoms with Gasteiger partial charge >= 0.3 is 0 Å². The Bertz CT molecular complexity index is 652. The summed E-state index contributed by atoms with van der Waals surface area (Å²) in [5.41, 5.74) is 0. The third-order valence-electron chi connectivity index (χ3n) is 2.45. The van der Waals surface area contributed by atoms with Crippen LogP contribution in [0.4, 0.5) is 4.39 Å². The van der Waals surface area contributed by atoms with Crippen LogP contribution in [0.25, 0.3) is 0 Å². The Balaban J connectivity index is 2.17. The molecule has 0 radical (unpaired) electrons. The van der Waals surface area contributed by atoms with Crippen molar-refractivity contribution in [3.63, 3.8) is 0 Å². The maximum absolute atomic E-state index is 13.5. The highest BCUT2D eigenvalue weighted by molar-refractivity contribution is 7.89. The number of hydrogen-bond acceptors (Lipinski definition) is 4. The van der Waals surface area contributed by atoms with E-state index in [4.69, 9.17) is 9.15 Å². The molecule has 0 spiro atoms. The minimum absolute atomic E-state index is 0.00296. The zero-order chi connectivity index (χ0) is 13.9. The fourth-order valence-electron chi connectivity index (χ4n) is 1.48. The molecular weight excluding hydrogens is 273 g/mol. The van der Waals surface area contributed by atoms with Gasteiger partial charge in [-0.05, 0) is 30.3 Å². The molecule has 0 aliphatic rings. The van der Waals surface area contributed by atoms with E-state index in [1.54, 1.807) is 12.1 Å². The first-order valence-electron chi connectivity index (χ1n) is 5.38. The second-order valence-electron chi connectivity index (χ2n) is 3.70. The summed E-state index contributed by atoms with van der Waals surface area (Å²) in [5, 5.41) is 0. The number of methoxy groups -OCH3 is 1. The molecule has 1 N–H and O–H groups in total. The number of furan rings is 1. The third-order valence-corrected chi connectivity index (χ3v) is 3.85. The first-order chi connectivity index (χ1) is 9.03. The summed E-state index contributed by atoms with van der Waals surface area (Å²) in [6.45, 7) is 0.00296. The summed E-state index contributed by atoms with van der Waals surface area (Å²) in [6, 6.07) is 6.72. The summed E-state index contributed by atoms with van der Waals surface area (Å²) < 4.78 is 49.3. The predicted molar refractivity (Wildman–Crippen MR) is 65.7 cm³/mol. The van der Waals surface area contributed by atoms with Crippen molar-refractivity contribution in [2.75, 3.05) is 7.11 Å². The Morgan fingerprint density at radius 2 is 2.16 bits per heavy atom. The van der Waals surface area contributed by atoms with Gasteiger partial charge in [-0.15, -0.1) is 0 Å². The maximum Gasteiger partial charge on any atom is 0.241 e. The quantitative estimate of drug-likeness (QED) is 0.911. The first kappa shape index (κ1) is 13.6. The van der Waals surface area contributed by atoms with E-state index in [0.29, 0.717) is 5.76 Å². The van der Waals surface area contributed by atoms with E-state index in [1.165, 1.54) is 25.5 Å². The van der Waals surface area contributed by atoms with E-state index in [-0.39, 0.29) is 17.2 Å². The average molecular weight is 285 g/mol. The van der Waals surface area contributed by atoms with Crippen LogP contribution in [0.3, 0.4) is 0 Å². The molecule has 1 aromatic carbocycles. The van der Waals surface area contributed by atoms with Gasteiger partial charge in [0.2, 0.25) is 10.0 Å². The summed E-state index contributed by atoms with van der Waals surface area (Å²) in [7, 11) is -2.48. The Hall–Kier alpha value is -1.86. The van der Waals surface area contributed by atoms with E-state index in [1.807, 2.05) is 0 Å². The largest absolute Gasteiger partial charge is 0.494 e. The molecule has 5 nitrogen and oxygen atoms in total. The maximum atomic E-state index is 13.5. The number of benzene rings is 1. The SMILES string of the molecule is COc1ccc(S(=O)(=O)NCc2ccco2)cc1F. The van der Waals surface area contributed by atoms with Gasteiger partial charge in [-0.3, -0.25) is 0 Å². The molecule has 19 heavy (non-hydrogen) atoms. The van der Waals surface area contributed by atoms with Gasteiger partial charge in [-0.2, -0.15) is 0 Å². The molecule has 0 unspecified atom stereocenters.